The Morgan fingerprint density at radius 2 is 2.17 bits per heavy atom. The van der Waals surface area contributed by atoms with E-state index in [1.54, 1.807) is 0 Å². The maximum absolute atomic E-state index is 6.00. The predicted molar refractivity (Wildman–Crippen MR) is 82.3 cm³/mol. The number of nitrogens with zero attached hydrogens (tertiary/aromatic N) is 1. The summed E-state index contributed by atoms with van der Waals surface area (Å²) in [6, 6.07) is 4.35. The summed E-state index contributed by atoms with van der Waals surface area (Å²) in [5.74, 6) is 0. The molecule has 0 aliphatic carbocycles. The Morgan fingerprint density at radius 1 is 1.39 bits per heavy atom. The molecule has 0 spiro atoms. The Labute approximate surface area is 116 Å². The van der Waals surface area contributed by atoms with Gasteiger partial charge in [-0.15, -0.1) is 11.3 Å². The quantitative estimate of drug-likeness (QED) is 0.694. The van der Waals surface area contributed by atoms with E-state index in [1.807, 2.05) is 11.3 Å². The first-order chi connectivity index (χ1) is 8.62. The molecular weight excluding hydrogens is 240 g/mol. The molecule has 0 saturated heterocycles. The molecule has 1 aromatic heterocycles. The third kappa shape index (κ3) is 4.71. The fourth-order valence-electron chi connectivity index (χ4n) is 2.21. The first-order valence-corrected chi connectivity index (χ1v) is 7.94. The summed E-state index contributed by atoms with van der Waals surface area (Å²) in [7, 11) is 2.21. The van der Waals surface area contributed by atoms with Gasteiger partial charge in [-0.05, 0) is 38.3 Å². The van der Waals surface area contributed by atoms with Crippen LogP contribution in [0, 0.1) is 0 Å². The zero-order valence-electron chi connectivity index (χ0n) is 12.1. The zero-order valence-corrected chi connectivity index (χ0v) is 12.9. The van der Waals surface area contributed by atoms with E-state index in [-0.39, 0.29) is 5.54 Å². The van der Waals surface area contributed by atoms with Crippen LogP contribution in [0.4, 0.5) is 0 Å². The summed E-state index contributed by atoms with van der Waals surface area (Å²) in [6.45, 7) is 6.40. The van der Waals surface area contributed by atoms with Gasteiger partial charge < -0.3 is 5.73 Å². The monoisotopic (exact) mass is 268 g/mol. The first-order valence-electron chi connectivity index (χ1n) is 7.06. The van der Waals surface area contributed by atoms with Gasteiger partial charge in [0.15, 0.2) is 0 Å². The van der Waals surface area contributed by atoms with Crippen LogP contribution in [0.5, 0.6) is 0 Å². The minimum atomic E-state index is 0.159. The van der Waals surface area contributed by atoms with E-state index in [0.717, 1.165) is 19.5 Å². The van der Waals surface area contributed by atoms with Gasteiger partial charge in [0.25, 0.3) is 0 Å². The molecule has 0 fully saturated rings. The summed E-state index contributed by atoms with van der Waals surface area (Å²) in [5.41, 5.74) is 6.16. The number of thiophene rings is 1. The number of likely N-dealkylation sites (N-methyl/N-ethyl adjacent to an activating group) is 1. The molecule has 0 aliphatic heterocycles. The minimum Gasteiger partial charge on any atom is -0.329 e. The van der Waals surface area contributed by atoms with Crippen molar-refractivity contribution in [3.63, 3.8) is 0 Å². The molecule has 0 radical (unpaired) electrons. The lowest BCUT2D eigenvalue weighted by Crippen LogP contribution is -2.50. The van der Waals surface area contributed by atoms with Gasteiger partial charge in [-0.25, -0.2) is 0 Å². The van der Waals surface area contributed by atoms with Crippen molar-refractivity contribution in [3.8, 4) is 0 Å². The third-order valence-corrected chi connectivity index (χ3v) is 4.89. The molecule has 0 amide bonds. The fourth-order valence-corrected chi connectivity index (χ4v) is 2.91. The van der Waals surface area contributed by atoms with Crippen molar-refractivity contribution < 1.29 is 0 Å². The van der Waals surface area contributed by atoms with Crippen LogP contribution in [-0.4, -0.2) is 30.6 Å². The zero-order chi connectivity index (χ0) is 13.4. The molecule has 1 heterocycles. The van der Waals surface area contributed by atoms with Crippen molar-refractivity contribution >= 4 is 11.3 Å². The van der Waals surface area contributed by atoms with Gasteiger partial charge in [-0.2, -0.15) is 0 Å². The first kappa shape index (κ1) is 15.7. The Balaban J connectivity index is 2.41. The molecule has 0 aromatic carbocycles. The van der Waals surface area contributed by atoms with Crippen LogP contribution in [0.2, 0.25) is 0 Å². The van der Waals surface area contributed by atoms with E-state index in [1.165, 1.54) is 30.6 Å². The lowest BCUT2D eigenvalue weighted by Gasteiger charge is -2.38. The van der Waals surface area contributed by atoms with Gasteiger partial charge in [0.05, 0.1) is 0 Å². The molecule has 2 nitrogen and oxygen atoms in total. The highest BCUT2D eigenvalue weighted by Gasteiger charge is 2.26. The molecule has 0 bridgehead atoms. The average molecular weight is 268 g/mol. The van der Waals surface area contributed by atoms with Crippen LogP contribution < -0.4 is 5.73 Å². The SMILES string of the molecule is CCCCCC(C)(CN)N(C)CCc1cccs1. The summed E-state index contributed by atoms with van der Waals surface area (Å²) in [5, 5.41) is 2.15. The molecular formula is C15H28N2S. The molecule has 0 aliphatic rings. The number of hydrogen-bond acceptors (Lipinski definition) is 3. The summed E-state index contributed by atoms with van der Waals surface area (Å²) in [4.78, 5) is 3.91. The predicted octanol–water partition coefficient (Wildman–Crippen LogP) is 3.52. The van der Waals surface area contributed by atoms with Crippen molar-refractivity contribution in [2.24, 2.45) is 5.73 Å². The van der Waals surface area contributed by atoms with Crippen molar-refractivity contribution in [1.82, 2.24) is 4.90 Å². The Morgan fingerprint density at radius 3 is 2.72 bits per heavy atom. The second-order valence-corrected chi connectivity index (χ2v) is 6.44. The Hall–Kier alpha value is -0.380. The highest BCUT2D eigenvalue weighted by molar-refractivity contribution is 7.09. The van der Waals surface area contributed by atoms with Crippen LogP contribution in [0.1, 0.15) is 44.4 Å². The lowest BCUT2D eigenvalue weighted by atomic mass is 9.92. The highest BCUT2D eigenvalue weighted by Crippen LogP contribution is 2.21. The van der Waals surface area contributed by atoms with E-state index in [0.29, 0.717) is 0 Å². The van der Waals surface area contributed by atoms with Crippen molar-refractivity contribution in [1.29, 1.82) is 0 Å². The molecule has 2 N–H and O–H groups in total. The van der Waals surface area contributed by atoms with Crippen molar-refractivity contribution in [2.45, 2.75) is 51.5 Å². The van der Waals surface area contributed by atoms with E-state index in [9.17, 15) is 0 Å². The van der Waals surface area contributed by atoms with Gasteiger partial charge >= 0.3 is 0 Å². The standard InChI is InChI=1S/C15H28N2S/c1-4-5-6-10-15(2,13-16)17(3)11-9-14-8-7-12-18-14/h7-8,12H,4-6,9-11,13,16H2,1-3H3. The summed E-state index contributed by atoms with van der Waals surface area (Å²) >= 11 is 1.85. The molecule has 1 aromatic rings. The molecule has 1 unspecified atom stereocenters. The fraction of sp³-hybridized carbons (Fsp3) is 0.733. The average Bonchev–Trinajstić information content (AvgIpc) is 2.89. The normalized spacial score (nSPS) is 14.9. The number of hydrogen-bond donors (Lipinski definition) is 1. The van der Waals surface area contributed by atoms with E-state index >= 15 is 0 Å². The van der Waals surface area contributed by atoms with Gasteiger partial charge in [0.1, 0.15) is 0 Å². The Bertz CT molecular complexity index is 310. The molecule has 104 valence electrons. The maximum Gasteiger partial charge on any atom is 0.0300 e. The smallest absolute Gasteiger partial charge is 0.0300 e. The molecule has 1 rings (SSSR count). The van der Waals surface area contributed by atoms with Crippen LogP contribution in [-0.2, 0) is 6.42 Å². The minimum absolute atomic E-state index is 0.159. The van der Waals surface area contributed by atoms with E-state index in [2.05, 4.69) is 43.3 Å². The Kier molecular flexibility index (Phi) is 6.90. The lowest BCUT2D eigenvalue weighted by molar-refractivity contribution is 0.132. The van der Waals surface area contributed by atoms with Crippen LogP contribution in [0.15, 0.2) is 17.5 Å². The highest BCUT2D eigenvalue weighted by atomic mass is 32.1. The van der Waals surface area contributed by atoms with E-state index in [4.69, 9.17) is 5.73 Å². The number of rotatable bonds is 9. The molecule has 3 heteroatoms. The maximum atomic E-state index is 6.00. The summed E-state index contributed by atoms with van der Waals surface area (Å²) in [6.07, 6.45) is 6.22. The van der Waals surface area contributed by atoms with E-state index < -0.39 is 0 Å². The van der Waals surface area contributed by atoms with Crippen LogP contribution in [0.3, 0.4) is 0 Å². The largest absolute Gasteiger partial charge is 0.329 e. The summed E-state index contributed by atoms with van der Waals surface area (Å²) < 4.78 is 0. The number of unbranched alkanes of at least 4 members (excludes halogenated alkanes) is 2. The second kappa shape index (κ2) is 7.93. The van der Waals surface area contributed by atoms with Gasteiger partial charge in [-0.3, -0.25) is 4.90 Å². The topological polar surface area (TPSA) is 29.3 Å². The van der Waals surface area contributed by atoms with Gasteiger partial charge in [0.2, 0.25) is 0 Å². The number of nitrogens with two attached hydrogens (primary N) is 1. The van der Waals surface area contributed by atoms with Gasteiger partial charge in [-0.1, -0.05) is 32.3 Å². The van der Waals surface area contributed by atoms with Crippen LogP contribution in [0.25, 0.3) is 0 Å². The molecule has 0 saturated carbocycles. The second-order valence-electron chi connectivity index (χ2n) is 5.41. The van der Waals surface area contributed by atoms with Crippen molar-refractivity contribution in [3.05, 3.63) is 22.4 Å². The van der Waals surface area contributed by atoms with Gasteiger partial charge in [0, 0.05) is 23.5 Å². The van der Waals surface area contributed by atoms with Crippen LogP contribution >= 0.6 is 11.3 Å². The molecule has 18 heavy (non-hydrogen) atoms. The van der Waals surface area contributed by atoms with Crippen molar-refractivity contribution in [2.75, 3.05) is 20.1 Å². The molecule has 1 atom stereocenters. The third-order valence-electron chi connectivity index (χ3n) is 3.95.